The Morgan fingerprint density at radius 2 is 1.91 bits per heavy atom. The first-order valence-corrected chi connectivity index (χ1v) is 10.7. The SMILES string of the molecule is CCOC(=O)CCN(Cc1cccnc1)C(=O)c1nn(-c2cccc(C(F)(F)F)c2)c(C)cc1=O. The molecule has 0 aliphatic rings. The van der Waals surface area contributed by atoms with Crippen molar-refractivity contribution >= 4 is 11.9 Å². The second-order valence-corrected chi connectivity index (χ2v) is 7.60. The summed E-state index contributed by atoms with van der Waals surface area (Å²) in [6.45, 7) is 3.30. The molecule has 0 spiro atoms. The standard InChI is InChI=1S/C24H23F3N4O4/c1-3-35-21(33)9-11-30(15-17-6-5-10-28-14-17)23(34)22-20(32)12-16(2)31(29-22)19-8-4-7-18(13-19)24(25,26)27/h4-8,10,12-14H,3,9,11,15H2,1-2H3. The van der Waals surface area contributed by atoms with Crippen molar-refractivity contribution in [1.29, 1.82) is 0 Å². The molecule has 11 heteroatoms. The maximum Gasteiger partial charge on any atom is 0.416 e. The molecule has 1 amide bonds. The number of benzene rings is 1. The summed E-state index contributed by atoms with van der Waals surface area (Å²) in [5, 5.41) is 4.10. The van der Waals surface area contributed by atoms with Crippen LogP contribution in [0.25, 0.3) is 5.69 Å². The van der Waals surface area contributed by atoms with E-state index in [0.29, 0.717) is 5.56 Å². The molecule has 8 nitrogen and oxygen atoms in total. The van der Waals surface area contributed by atoms with Gasteiger partial charge in [0.15, 0.2) is 5.69 Å². The Balaban J connectivity index is 1.99. The van der Waals surface area contributed by atoms with Gasteiger partial charge in [0.05, 0.1) is 24.3 Å². The van der Waals surface area contributed by atoms with Gasteiger partial charge in [-0.1, -0.05) is 12.1 Å². The summed E-state index contributed by atoms with van der Waals surface area (Å²) < 4.78 is 45.6. The second kappa shape index (κ2) is 10.9. The van der Waals surface area contributed by atoms with Gasteiger partial charge < -0.3 is 9.64 Å². The van der Waals surface area contributed by atoms with Crippen molar-refractivity contribution in [1.82, 2.24) is 19.7 Å². The van der Waals surface area contributed by atoms with Crippen LogP contribution in [0.15, 0.2) is 59.7 Å². The van der Waals surface area contributed by atoms with Crippen LogP contribution in [0.2, 0.25) is 0 Å². The number of hydrogen-bond acceptors (Lipinski definition) is 6. The van der Waals surface area contributed by atoms with Gasteiger partial charge in [0, 0.05) is 37.2 Å². The normalized spacial score (nSPS) is 11.2. The number of hydrogen-bond donors (Lipinski definition) is 0. The summed E-state index contributed by atoms with van der Waals surface area (Å²) in [5.74, 6) is -1.29. The highest BCUT2D eigenvalue weighted by atomic mass is 19.4. The Morgan fingerprint density at radius 1 is 1.14 bits per heavy atom. The molecule has 3 rings (SSSR count). The van der Waals surface area contributed by atoms with E-state index in [1.807, 2.05) is 0 Å². The van der Waals surface area contributed by atoms with Gasteiger partial charge in [0.1, 0.15) is 0 Å². The number of halogens is 3. The number of aromatic nitrogens is 3. The van der Waals surface area contributed by atoms with Gasteiger partial charge in [-0.05, 0) is 43.7 Å². The Bertz CT molecular complexity index is 1260. The summed E-state index contributed by atoms with van der Waals surface area (Å²) in [7, 11) is 0. The van der Waals surface area contributed by atoms with Crippen molar-refractivity contribution in [2.24, 2.45) is 0 Å². The van der Waals surface area contributed by atoms with Crippen molar-refractivity contribution in [3.8, 4) is 5.69 Å². The van der Waals surface area contributed by atoms with Crippen LogP contribution in [-0.4, -0.2) is 44.7 Å². The summed E-state index contributed by atoms with van der Waals surface area (Å²) in [6.07, 6.45) is -1.60. The number of nitrogens with zero attached hydrogens (tertiary/aromatic N) is 4. The third-order valence-corrected chi connectivity index (χ3v) is 5.00. The van der Waals surface area contributed by atoms with Gasteiger partial charge in [-0.25, -0.2) is 4.68 Å². The van der Waals surface area contributed by atoms with E-state index in [-0.39, 0.29) is 37.5 Å². The van der Waals surface area contributed by atoms with Crippen molar-refractivity contribution in [3.63, 3.8) is 0 Å². The number of carbonyl (C=O) groups is 2. The van der Waals surface area contributed by atoms with Crippen LogP contribution < -0.4 is 5.43 Å². The van der Waals surface area contributed by atoms with Crippen LogP contribution in [0.4, 0.5) is 13.2 Å². The quantitative estimate of drug-likeness (QED) is 0.450. The number of ether oxygens (including phenoxy) is 1. The van der Waals surface area contributed by atoms with Crippen LogP contribution in [0, 0.1) is 6.92 Å². The fraction of sp³-hybridized carbons (Fsp3) is 0.292. The van der Waals surface area contributed by atoms with Crippen LogP contribution in [0.5, 0.6) is 0 Å². The first-order chi connectivity index (χ1) is 16.6. The molecule has 0 atom stereocenters. The number of esters is 1. The number of carbonyl (C=O) groups excluding carboxylic acids is 2. The summed E-state index contributed by atoms with van der Waals surface area (Å²) in [4.78, 5) is 43.2. The van der Waals surface area contributed by atoms with Crippen LogP contribution >= 0.6 is 0 Å². The lowest BCUT2D eigenvalue weighted by Gasteiger charge is -2.22. The van der Waals surface area contributed by atoms with Crippen LogP contribution in [-0.2, 0) is 22.3 Å². The highest BCUT2D eigenvalue weighted by molar-refractivity contribution is 5.92. The summed E-state index contributed by atoms with van der Waals surface area (Å²) in [5.41, 5.74) is -1.14. The first kappa shape index (κ1) is 25.6. The molecule has 0 aliphatic heterocycles. The van der Waals surface area contributed by atoms with Crippen molar-refractivity contribution < 1.29 is 27.5 Å². The first-order valence-electron chi connectivity index (χ1n) is 10.7. The molecular weight excluding hydrogens is 465 g/mol. The predicted molar refractivity (Wildman–Crippen MR) is 120 cm³/mol. The lowest BCUT2D eigenvalue weighted by Crippen LogP contribution is -2.37. The van der Waals surface area contributed by atoms with E-state index in [1.54, 1.807) is 25.3 Å². The average molecular weight is 488 g/mol. The molecule has 0 bridgehead atoms. The molecule has 0 unspecified atom stereocenters. The minimum absolute atomic E-state index is 0.0324. The Morgan fingerprint density at radius 3 is 2.57 bits per heavy atom. The van der Waals surface area contributed by atoms with Gasteiger partial charge in [-0.15, -0.1) is 0 Å². The Hall–Kier alpha value is -4.02. The van der Waals surface area contributed by atoms with Crippen molar-refractivity contribution in [2.45, 2.75) is 33.0 Å². The van der Waals surface area contributed by atoms with E-state index < -0.39 is 34.7 Å². The Labute approximate surface area is 199 Å². The molecule has 0 radical (unpaired) electrons. The third kappa shape index (κ3) is 6.52. The van der Waals surface area contributed by atoms with Gasteiger partial charge in [0.25, 0.3) is 5.91 Å². The molecule has 35 heavy (non-hydrogen) atoms. The third-order valence-electron chi connectivity index (χ3n) is 5.00. The largest absolute Gasteiger partial charge is 0.466 e. The summed E-state index contributed by atoms with van der Waals surface area (Å²) in [6, 6.07) is 8.93. The number of alkyl halides is 3. The van der Waals surface area contributed by atoms with Gasteiger partial charge in [-0.3, -0.25) is 19.4 Å². The molecular formula is C24H23F3N4O4. The Kier molecular flexibility index (Phi) is 8.00. The molecule has 3 aromatic rings. The van der Waals surface area contributed by atoms with Gasteiger partial charge >= 0.3 is 12.1 Å². The summed E-state index contributed by atoms with van der Waals surface area (Å²) >= 11 is 0. The van der Waals surface area contributed by atoms with E-state index in [1.165, 1.54) is 30.2 Å². The minimum Gasteiger partial charge on any atom is -0.466 e. The molecule has 2 aromatic heterocycles. The van der Waals surface area contributed by atoms with Gasteiger partial charge in [-0.2, -0.15) is 18.3 Å². The molecule has 1 aromatic carbocycles. The zero-order valence-electron chi connectivity index (χ0n) is 19.1. The number of aryl methyl sites for hydroxylation is 1. The topological polar surface area (TPSA) is 94.4 Å². The second-order valence-electron chi connectivity index (χ2n) is 7.60. The zero-order chi connectivity index (χ0) is 25.6. The van der Waals surface area contributed by atoms with Crippen LogP contribution in [0.3, 0.4) is 0 Å². The molecule has 2 heterocycles. The molecule has 184 valence electrons. The van der Waals surface area contributed by atoms with Gasteiger partial charge in [0.2, 0.25) is 5.43 Å². The lowest BCUT2D eigenvalue weighted by atomic mass is 10.2. The monoisotopic (exact) mass is 488 g/mol. The number of rotatable bonds is 8. The smallest absolute Gasteiger partial charge is 0.416 e. The molecule has 0 saturated carbocycles. The highest BCUT2D eigenvalue weighted by Gasteiger charge is 2.31. The maximum absolute atomic E-state index is 13.4. The zero-order valence-corrected chi connectivity index (χ0v) is 19.1. The van der Waals surface area contributed by atoms with E-state index in [4.69, 9.17) is 4.74 Å². The van der Waals surface area contributed by atoms with E-state index in [0.717, 1.165) is 22.9 Å². The van der Waals surface area contributed by atoms with E-state index in [9.17, 15) is 27.6 Å². The molecule has 0 fully saturated rings. The lowest BCUT2D eigenvalue weighted by molar-refractivity contribution is -0.143. The highest BCUT2D eigenvalue weighted by Crippen LogP contribution is 2.30. The average Bonchev–Trinajstić information content (AvgIpc) is 2.82. The van der Waals surface area contributed by atoms with Crippen molar-refractivity contribution in [3.05, 3.63) is 87.6 Å². The number of pyridine rings is 1. The molecule has 0 aliphatic carbocycles. The van der Waals surface area contributed by atoms with E-state index >= 15 is 0 Å². The number of amides is 1. The molecule has 0 N–H and O–H groups in total. The molecule has 0 saturated heterocycles. The fourth-order valence-corrected chi connectivity index (χ4v) is 3.34. The van der Waals surface area contributed by atoms with E-state index in [2.05, 4.69) is 10.1 Å². The predicted octanol–water partition coefficient (Wildman–Crippen LogP) is 3.55. The fourth-order valence-electron chi connectivity index (χ4n) is 3.34. The minimum atomic E-state index is -4.57. The van der Waals surface area contributed by atoms with Crippen LogP contribution in [0.1, 0.15) is 40.7 Å². The maximum atomic E-state index is 13.4. The van der Waals surface area contributed by atoms with Crippen molar-refractivity contribution in [2.75, 3.05) is 13.2 Å².